The third-order valence-electron chi connectivity index (χ3n) is 2.78. The molecule has 0 saturated heterocycles. The first-order chi connectivity index (χ1) is 8.70. The second-order valence-corrected chi connectivity index (χ2v) is 4.15. The molecule has 0 radical (unpaired) electrons. The SMILES string of the molecule is Cn1ncc(NCCN)c1Cc1cccc(F)c1. The van der Waals surface area contributed by atoms with E-state index in [-0.39, 0.29) is 5.82 Å². The Hall–Kier alpha value is -1.88. The smallest absolute Gasteiger partial charge is 0.123 e. The zero-order valence-corrected chi connectivity index (χ0v) is 10.4. The van der Waals surface area contributed by atoms with Crippen LogP contribution >= 0.6 is 0 Å². The Labute approximate surface area is 106 Å². The summed E-state index contributed by atoms with van der Waals surface area (Å²) >= 11 is 0. The van der Waals surface area contributed by atoms with E-state index in [1.807, 2.05) is 13.1 Å². The summed E-state index contributed by atoms with van der Waals surface area (Å²) in [7, 11) is 1.88. The van der Waals surface area contributed by atoms with Crippen molar-refractivity contribution in [3.63, 3.8) is 0 Å². The van der Waals surface area contributed by atoms with Crippen LogP contribution in [0.15, 0.2) is 30.5 Å². The number of hydrogen-bond donors (Lipinski definition) is 2. The Morgan fingerprint density at radius 3 is 3.00 bits per heavy atom. The van der Waals surface area contributed by atoms with Gasteiger partial charge in [-0.2, -0.15) is 5.10 Å². The molecule has 0 aliphatic carbocycles. The topological polar surface area (TPSA) is 55.9 Å². The Bertz CT molecular complexity index is 521. The first-order valence-electron chi connectivity index (χ1n) is 5.90. The molecule has 0 bridgehead atoms. The molecule has 0 saturated carbocycles. The van der Waals surface area contributed by atoms with E-state index < -0.39 is 0 Å². The third-order valence-corrected chi connectivity index (χ3v) is 2.78. The van der Waals surface area contributed by atoms with Crippen LogP contribution in [0.1, 0.15) is 11.3 Å². The van der Waals surface area contributed by atoms with Crippen molar-refractivity contribution in [1.82, 2.24) is 9.78 Å². The van der Waals surface area contributed by atoms with Crippen LogP contribution in [0.3, 0.4) is 0 Å². The molecule has 0 aliphatic heterocycles. The number of nitrogens with two attached hydrogens (primary N) is 1. The van der Waals surface area contributed by atoms with Gasteiger partial charge in [0.05, 0.1) is 17.6 Å². The van der Waals surface area contributed by atoms with Crippen molar-refractivity contribution in [3.8, 4) is 0 Å². The second-order valence-electron chi connectivity index (χ2n) is 4.15. The van der Waals surface area contributed by atoms with Gasteiger partial charge in [-0.1, -0.05) is 12.1 Å². The molecule has 0 fully saturated rings. The molecule has 0 aliphatic rings. The molecule has 1 heterocycles. The summed E-state index contributed by atoms with van der Waals surface area (Å²) < 4.78 is 14.9. The summed E-state index contributed by atoms with van der Waals surface area (Å²) in [6, 6.07) is 6.61. The van der Waals surface area contributed by atoms with E-state index in [9.17, 15) is 4.39 Å². The Kier molecular flexibility index (Phi) is 3.94. The highest BCUT2D eigenvalue weighted by Gasteiger charge is 2.09. The van der Waals surface area contributed by atoms with Crippen molar-refractivity contribution < 1.29 is 4.39 Å². The fourth-order valence-electron chi connectivity index (χ4n) is 1.87. The van der Waals surface area contributed by atoms with Gasteiger partial charge in [-0.15, -0.1) is 0 Å². The molecule has 4 nitrogen and oxygen atoms in total. The number of anilines is 1. The molecule has 0 amide bonds. The highest BCUT2D eigenvalue weighted by Crippen LogP contribution is 2.18. The van der Waals surface area contributed by atoms with Crippen molar-refractivity contribution in [2.75, 3.05) is 18.4 Å². The van der Waals surface area contributed by atoms with Crippen molar-refractivity contribution in [3.05, 3.63) is 47.5 Å². The molecule has 2 aromatic rings. The van der Waals surface area contributed by atoms with Gasteiger partial charge >= 0.3 is 0 Å². The van der Waals surface area contributed by atoms with Crippen LogP contribution in [0.4, 0.5) is 10.1 Å². The van der Waals surface area contributed by atoms with Crippen LogP contribution in [0.25, 0.3) is 0 Å². The van der Waals surface area contributed by atoms with E-state index in [1.165, 1.54) is 6.07 Å². The number of halogens is 1. The second kappa shape index (κ2) is 5.64. The average Bonchev–Trinajstić information content (AvgIpc) is 2.69. The summed E-state index contributed by atoms with van der Waals surface area (Å²) in [6.07, 6.45) is 2.41. The summed E-state index contributed by atoms with van der Waals surface area (Å²) in [6.45, 7) is 1.26. The number of nitrogens with zero attached hydrogens (tertiary/aromatic N) is 2. The maximum atomic E-state index is 13.1. The van der Waals surface area contributed by atoms with E-state index >= 15 is 0 Å². The number of aromatic nitrogens is 2. The molecule has 1 aromatic heterocycles. The molecule has 18 heavy (non-hydrogen) atoms. The molecule has 5 heteroatoms. The molecule has 0 unspecified atom stereocenters. The number of benzene rings is 1. The van der Waals surface area contributed by atoms with Gasteiger partial charge in [0.2, 0.25) is 0 Å². The molecule has 0 atom stereocenters. The van der Waals surface area contributed by atoms with Gasteiger partial charge in [-0.3, -0.25) is 4.68 Å². The first-order valence-corrected chi connectivity index (χ1v) is 5.90. The van der Waals surface area contributed by atoms with Gasteiger partial charge in [0.25, 0.3) is 0 Å². The minimum absolute atomic E-state index is 0.217. The molecular weight excluding hydrogens is 231 g/mol. The van der Waals surface area contributed by atoms with Crippen molar-refractivity contribution >= 4 is 5.69 Å². The van der Waals surface area contributed by atoms with E-state index in [0.717, 1.165) is 16.9 Å². The Balaban J connectivity index is 2.20. The molecular formula is C13H17FN4. The van der Waals surface area contributed by atoms with Gasteiger partial charge in [0.1, 0.15) is 5.82 Å². The maximum Gasteiger partial charge on any atom is 0.123 e. The standard InChI is InChI=1S/C13H17FN4/c1-18-13(12(9-17-18)16-6-5-15)8-10-3-2-4-11(14)7-10/h2-4,7,9,16H,5-6,8,15H2,1H3. The van der Waals surface area contributed by atoms with Crippen LogP contribution in [0.2, 0.25) is 0 Å². The minimum Gasteiger partial charge on any atom is -0.381 e. The summed E-state index contributed by atoms with van der Waals surface area (Å²) in [5.41, 5.74) is 8.37. The Morgan fingerprint density at radius 1 is 1.44 bits per heavy atom. The lowest BCUT2D eigenvalue weighted by Gasteiger charge is -2.08. The van der Waals surface area contributed by atoms with Crippen LogP contribution in [0, 0.1) is 5.82 Å². The molecule has 0 spiro atoms. The van der Waals surface area contributed by atoms with Gasteiger partial charge in [-0.05, 0) is 17.7 Å². The average molecular weight is 248 g/mol. The van der Waals surface area contributed by atoms with Crippen LogP contribution < -0.4 is 11.1 Å². The third kappa shape index (κ3) is 2.87. The first kappa shape index (κ1) is 12.6. The Morgan fingerprint density at radius 2 is 2.28 bits per heavy atom. The van der Waals surface area contributed by atoms with E-state index in [1.54, 1.807) is 23.0 Å². The van der Waals surface area contributed by atoms with Gasteiger partial charge < -0.3 is 11.1 Å². The lowest BCUT2D eigenvalue weighted by Crippen LogP contribution is -2.14. The highest BCUT2D eigenvalue weighted by atomic mass is 19.1. The highest BCUT2D eigenvalue weighted by molar-refractivity contribution is 5.48. The van der Waals surface area contributed by atoms with E-state index in [0.29, 0.717) is 19.5 Å². The zero-order chi connectivity index (χ0) is 13.0. The quantitative estimate of drug-likeness (QED) is 0.843. The number of hydrogen-bond acceptors (Lipinski definition) is 3. The monoisotopic (exact) mass is 248 g/mol. The fraction of sp³-hybridized carbons (Fsp3) is 0.308. The minimum atomic E-state index is -0.217. The van der Waals surface area contributed by atoms with Crippen LogP contribution in [-0.2, 0) is 13.5 Å². The lowest BCUT2D eigenvalue weighted by molar-refractivity contribution is 0.625. The number of rotatable bonds is 5. The van der Waals surface area contributed by atoms with Crippen molar-refractivity contribution in [1.29, 1.82) is 0 Å². The lowest BCUT2D eigenvalue weighted by atomic mass is 10.1. The fourth-order valence-corrected chi connectivity index (χ4v) is 1.87. The summed E-state index contributed by atoms with van der Waals surface area (Å²) in [5.74, 6) is -0.217. The predicted octanol–water partition coefficient (Wildman–Crippen LogP) is 1.52. The molecule has 96 valence electrons. The maximum absolute atomic E-state index is 13.1. The summed E-state index contributed by atoms with van der Waals surface area (Å²) in [4.78, 5) is 0. The van der Waals surface area contributed by atoms with Gasteiger partial charge in [-0.25, -0.2) is 4.39 Å². The largest absolute Gasteiger partial charge is 0.381 e. The van der Waals surface area contributed by atoms with E-state index in [2.05, 4.69) is 10.4 Å². The van der Waals surface area contributed by atoms with Crippen LogP contribution in [-0.4, -0.2) is 22.9 Å². The normalized spacial score (nSPS) is 10.6. The van der Waals surface area contributed by atoms with Gasteiger partial charge in [0, 0.05) is 26.6 Å². The van der Waals surface area contributed by atoms with Crippen molar-refractivity contribution in [2.24, 2.45) is 12.8 Å². The summed E-state index contributed by atoms with van der Waals surface area (Å²) in [5, 5.41) is 7.42. The van der Waals surface area contributed by atoms with E-state index in [4.69, 9.17) is 5.73 Å². The van der Waals surface area contributed by atoms with Gasteiger partial charge in [0.15, 0.2) is 0 Å². The molecule has 1 aromatic carbocycles. The zero-order valence-electron chi connectivity index (χ0n) is 10.4. The number of nitrogens with one attached hydrogen (secondary N) is 1. The van der Waals surface area contributed by atoms with Crippen LogP contribution in [0.5, 0.6) is 0 Å². The number of aryl methyl sites for hydroxylation is 1. The predicted molar refractivity (Wildman–Crippen MR) is 70.0 cm³/mol. The van der Waals surface area contributed by atoms with Crippen molar-refractivity contribution in [2.45, 2.75) is 6.42 Å². The molecule has 3 N–H and O–H groups in total. The molecule has 2 rings (SSSR count).